The van der Waals surface area contributed by atoms with Crippen molar-refractivity contribution in [2.45, 2.75) is 19.6 Å². The molecule has 1 aromatic carbocycles. The first-order valence-corrected chi connectivity index (χ1v) is 6.47. The molecule has 1 aromatic heterocycles. The molecule has 0 saturated heterocycles. The van der Waals surface area contributed by atoms with Gasteiger partial charge in [-0.05, 0) is 24.6 Å². The lowest BCUT2D eigenvalue weighted by Gasteiger charge is -2.12. The second-order valence-corrected chi connectivity index (χ2v) is 5.10. The van der Waals surface area contributed by atoms with Crippen LogP contribution in [0, 0.1) is 0 Å². The number of hydrogen-bond acceptors (Lipinski definition) is 3. The maximum absolute atomic E-state index is 10.7. The standard InChI is InChI=1S/C14H14O3S/c1-10(11-5-3-2-4-6-11)17-9-12-7-8-13(18-12)14(15)16/h2-8,10H,9H2,1H3,(H,15,16). The number of hydrogen-bond donors (Lipinski definition) is 1. The van der Waals surface area contributed by atoms with E-state index < -0.39 is 5.97 Å². The van der Waals surface area contributed by atoms with Gasteiger partial charge in [0.05, 0.1) is 12.7 Å². The molecule has 0 aliphatic carbocycles. The second kappa shape index (κ2) is 5.80. The summed E-state index contributed by atoms with van der Waals surface area (Å²) in [6, 6.07) is 13.4. The van der Waals surface area contributed by atoms with Gasteiger partial charge in [0.1, 0.15) is 4.88 Å². The summed E-state index contributed by atoms with van der Waals surface area (Å²) in [6.07, 6.45) is 0.00146. The average Bonchev–Trinajstić information content (AvgIpc) is 2.86. The van der Waals surface area contributed by atoms with E-state index in [2.05, 4.69) is 0 Å². The Balaban J connectivity index is 1.93. The topological polar surface area (TPSA) is 46.5 Å². The fraction of sp³-hybridized carbons (Fsp3) is 0.214. The van der Waals surface area contributed by atoms with E-state index in [1.807, 2.05) is 37.3 Å². The van der Waals surface area contributed by atoms with E-state index in [9.17, 15) is 4.79 Å². The van der Waals surface area contributed by atoms with Crippen molar-refractivity contribution in [3.8, 4) is 0 Å². The minimum absolute atomic E-state index is 0.00146. The summed E-state index contributed by atoms with van der Waals surface area (Å²) in [5, 5.41) is 8.82. The molecule has 4 heteroatoms. The van der Waals surface area contributed by atoms with E-state index in [0.29, 0.717) is 11.5 Å². The van der Waals surface area contributed by atoms with Gasteiger partial charge in [-0.25, -0.2) is 4.79 Å². The third-order valence-electron chi connectivity index (χ3n) is 2.62. The van der Waals surface area contributed by atoms with Crippen LogP contribution in [0.2, 0.25) is 0 Å². The summed E-state index contributed by atoms with van der Waals surface area (Å²) >= 11 is 1.25. The van der Waals surface area contributed by atoms with Crippen LogP contribution in [0.3, 0.4) is 0 Å². The molecule has 0 radical (unpaired) electrons. The third-order valence-corrected chi connectivity index (χ3v) is 3.66. The van der Waals surface area contributed by atoms with Crippen molar-refractivity contribution in [1.82, 2.24) is 0 Å². The molecule has 94 valence electrons. The highest BCUT2D eigenvalue weighted by molar-refractivity contribution is 7.13. The van der Waals surface area contributed by atoms with Crippen molar-refractivity contribution >= 4 is 17.3 Å². The van der Waals surface area contributed by atoms with Crippen molar-refractivity contribution in [2.24, 2.45) is 0 Å². The van der Waals surface area contributed by atoms with Crippen LogP contribution < -0.4 is 0 Å². The van der Waals surface area contributed by atoms with Crippen LogP contribution >= 0.6 is 11.3 Å². The van der Waals surface area contributed by atoms with Gasteiger partial charge in [-0.15, -0.1) is 11.3 Å². The molecule has 2 aromatic rings. The van der Waals surface area contributed by atoms with E-state index in [4.69, 9.17) is 9.84 Å². The molecule has 2 rings (SSSR count). The lowest BCUT2D eigenvalue weighted by molar-refractivity contribution is 0.0542. The predicted octanol–water partition coefficient (Wildman–Crippen LogP) is 3.72. The van der Waals surface area contributed by atoms with Gasteiger partial charge in [-0.1, -0.05) is 30.3 Å². The molecule has 3 nitrogen and oxygen atoms in total. The highest BCUT2D eigenvalue weighted by Gasteiger charge is 2.09. The molecular weight excluding hydrogens is 248 g/mol. The number of carbonyl (C=O) groups is 1. The van der Waals surface area contributed by atoms with Gasteiger partial charge in [-0.3, -0.25) is 0 Å². The summed E-state index contributed by atoms with van der Waals surface area (Å²) in [7, 11) is 0. The van der Waals surface area contributed by atoms with Gasteiger partial charge in [0.15, 0.2) is 0 Å². The normalized spacial score (nSPS) is 12.3. The fourth-order valence-corrected chi connectivity index (χ4v) is 2.37. The molecule has 0 amide bonds. The zero-order valence-corrected chi connectivity index (χ0v) is 10.8. The molecule has 0 aliphatic heterocycles. The lowest BCUT2D eigenvalue weighted by atomic mass is 10.1. The van der Waals surface area contributed by atoms with Crippen LogP contribution in [0.4, 0.5) is 0 Å². The molecule has 0 fully saturated rings. The molecule has 0 aliphatic rings. The number of aromatic carboxylic acids is 1. The zero-order valence-electron chi connectivity index (χ0n) is 10.00. The molecule has 1 N–H and O–H groups in total. The Morgan fingerprint density at radius 3 is 2.61 bits per heavy atom. The van der Waals surface area contributed by atoms with Crippen molar-refractivity contribution in [2.75, 3.05) is 0 Å². The van der Waals surface area contributed by atoms with Crippen molar-refractivity contribution < 1.29 is 14.6 Å². The smallest absolute Gasteiger partial charge is 0.345 e. The van der Waals surface area contributed by atoms with Gasteiger partial charge in [0, 0.05) is 4.88 Å². The summed E-state index contributed by atoms with van der Waals surface area (Å²) in [6.45, 7) is 2.43. The molecule has 1 unspecified atom stereocenters. The highest BCUT2D eigenvalue weighted by atomic mass is 32.1. The first-order chi connectivity index (χ1) is 8.66. The van der Waals surface area contributed by atoms with E-state index in [1.165, 1.54) is 11.3 Å². The summed E-state index contributed by atoms with van der Waals surface area (Å²) in [5.74, 6) is -0.887. The van der Waals surface area contributed by atoms with E-state index >= 15 is 0 Å². The minimum atomic E-state index is -0.887. The van der Waals surface area contributed by atoms with E-state index in [0.717, 1.165) is 10.4 Å². The second-order valence-electron chi connectivity index (χ2n) is 3.94. The van der Waals surface area contributed by atoms with Crippen molar-refractivity contribution in [1.29, 1.82) is 0 Å². The van der Waals surface area contributed by atoms with Crippen LogP contribution in [0.5, 0.6) is 0 Å². The SMILES string of the molecule is CC(OCc1ccc(C(=O)O)s1)c1ccccc1. The zero-order chi connectivity index (χ0) is 13.0. The summed E-state index contributed by atoms with van der Waals surface area (Å²) < 4.78 is 5.72. The molecule has 1 atom stereocenters. The van der Waals surface area contributed by atoms with Crippen LogP contribution in [-0.4, -0.2) is 11.1 Å². The van der Waals surface area contributed by atoms with Gasteiger partial charge in [-0.2, -0.15) is 0 Å². The largest absolute Gasteiger partial charge is 0.477 e. The highest BCUT2D eigenvalue weighted by Crippen LogP contribution is 2.22. The third kappa shape index (κ3) is 3.18. The van der Waals surface area contributed by atoms with Gasteiger partial charge in [0.2, 0.25) is 0 Å². The molecule has 0 saturated carbocycles. The van der Waals surface area contributed by atoms with Crippen LogP contribution in [0.25, 0.3) is 0 Å². The fourth-order valence-electron chi connectivity index (χ4n) is 1.60. The van der Waals surface area contributed by atoms with Crippen molar-refractivity contribution in [3.05, 3.63) is 57.8 Å². The molecule has 0 bridgehead atoms. The number of rotatable bonds is 5. The Bertz CT molecular complexity index is 519. The van der Waals surface area contributed by atoms with E-state index in [-0.39, 0.29) is 6.10 Å². The first kappa shape index (κ1) is 12.8. The number of benzene rings is 1. The molecule has 1 heterocycles. The first-order valence-electron chi connectivity index (χ1n) is 5.65. The number of carboxylic acids is 1. The maximum Gasteiger partial charge on any atom is 0.345 e. The monoisotopic (exact) mass is 262 g/mol. The van der Waals surface area contributed by atoms with Gasteiger partial charge in [0.25, 0.3) is 0 Å². The number of ether oxygens (including phenoxy) is 1. The maximum atomic E-state index is 10.7. The predicted molar refractivity (Wildman–Crippen MR) is 70.9 cm³/mol. The Kier molecular flexibility index (Phi) is 4.12. The van der Waals surface area contributed by atoms with Crippen LogP contribution in [0.15, 0.2) is 42.5 Å². The molecular formula is C14H14O3S. The number of carboxylic acid groups (broad SMARTS) is 1. The van der Waals surface area contributed by atoms with Crippen LogP contribution in [0.1, 0.15) is 33.1 Å². The number of thiophene rings is 1. The molecule has 18 heavy (non-hydrogen) atoms. The van der Waals surface area contributed by atoms with Gasteiger partial charge < -0.3 is 9.84 Å². The van der Waals surface area contributed by atoms with Crippen molar-refractivity contribution in [3.63, 3.8) is 0 Å². The Hall–Kier alpha value is -1.65. The summed E-state index contributed by atoms with van der Waals surface area (Å²) in [5.41, 5.74) is 1.12. The minimum Gasteiger partial charge on any atom is -0.477 e. The quantitative estimate of drug-likeness (QED) is 0.893. The molecule has 0 spiro atoms. The average molecular weight is 262 g/mol. The Labute approximate surface area is 110 Å². The van der Waals surface area contributed by atoms with Crippen LogP contribution in [-0.2, 0) is 11.3 Å². The Morgan fingerprint density at radius 2 is 2.00 bits per heavy atom. The lowest BCUT2D eigenvalue weighted by Crippen LogP contribution is -1.99. The van der Waals surface area contributed by atoms with E-state index in [1.54, 1.807) is 12.1 Å². The Morgan fingerprint density at radius 1 is 1.28 bits per heavy atom. The van der Waals surface area contributed by atoms with Gasteiger partial charge >= 0.3 is 5.97 Å². The summed E-state index contributed by atoms with van der Waals surface area (Å²) in [4.78, 5) is 12.0.